The topological polar surface area (TPSA) is 84.8 Å². The van der Waals surface area contributed by atoms with Crippen LogP contribution in [0.5, 0.6) is 11.6 Å². The van der Waals surface area contributed by atoms with E-state index in [4.69, 9.17) is 15.7 Å². The molecule has 0 atom stereocenters. The maximum atomic E-state index is 8.59. The van der Waals surface area contributed by atoms with Crippen molar-refractivity contribution in [2.45, 2.75) is 6.92 Å². The fourth-order valence-electron chi connectivity index (χ4n) is 1.27. The van der Waals surface area contributed by atoms with Gasteiger partial charge in [0.15, 0.2) is 11.4 Å². The lowest BCUT2D eigenvalue weighted by atomic mass is 10.2. The van der Waals surface area contributed by atoms with Crippen LogP contribution in [0.1, 0.15) is 11.3 Å². The third kappa shape index (κ3) is 2.49. The van der Waals surface area contributed by atoms with Crippen molar-refractivity contribution in [3.8, 4) is 17.7 Å². The molecule has 5 heteroatoms. The first-order chi connectivity index (χ1) is 8.19. The molecule has 0 saturated carbocycles. The molecule has 2 N–H and O–H groups in total. The summed E-state index contributed by atoms with van der Waals surface area (Å²) in [5.74, 6) is 0.838. The van der Waals surface area contributed by atoms with Gasteiger partial charge in [-0.3, -0.25) is 0 Å². The van der Waals surface area contributed by atoms with Crippen LogP contribution >= 0.6 is 0 Å². The minimum Gasteiger partial charge on any atom is -0.435 e. The molecule has 0 saturated heterocycles. The van der Waals surface area contributed by atoms with Gasteiger partial charge in [0.2, 0.25) is 5.88 Å². The second-order valence-electron chi connectivity index (χ2n) is 3.50. The Hall–Kier alpha value is -2.61. The van der Waals surface area contributed by atoms with Gasteiger partial charge in [0.1, 0.15) is 6.07 Å². The minimum absolute atomic E-state index is 0.245. The average Bonchev–Trinajstić information content (AvgIpc) is 2.35. The van der Waals surface area contributed by atoms with Crippen LogP contribution in [0.3, 0.4) is 0 Å². The van der Waals surface area contributed by atoms with Crippen LogP contribution in [0, 0.1) is 18.3 Å². The van der Waals surface area contributed by atoms with E-state index in [0.29, 0.717) is 17.3 Å². The summed E-state index contributed by atoms with van der Waals surface area (Å²) in [6.07, 6.45) is 2.74. The van der Waals surface area contributed by atoms with Crippen molar-refractivity contribution < 1.29 is 4.74 Å². The molecule has 17 heavy (non-hydrogen) atoms. The second kappa shape index (κ2) is 4.49. The third-order valence-electron chi connectivity index (χ3n) is 2.13. The third-order valence-corrected chi connectivity index (χ3v) is 2.13. The zero-order valence-electron chi connectivity index (χ0n) is 9.21. The van der Waals surface area contributed by atoms with Gasteiger partial charge in [-0.2, -0.15) is 5.26 Å². The number of anilines is 1. The number of ether oxygens (including phenoxy) is 1. The maximum absolute atomic E-state index is 8.59. The standard InChI is InChI=1S/C12H10N4O/c1-8-2-3-10(14)11(4-8)17-12-7-15-9(5-13)6-16-12/h2-4,6-7H,14H2,1H3. The molecule has 0 bridgehead atoms. The number of nitrogens with two attached hydrogens (primary N) is 1. The van der Waals surface area contributed by atoms with Crippen LogP contribution in [-0.2, 0) is 0 Å². The molecule has 84 valence electrons. The fourth-order valence-corrected chi connectivity index (χ4v) is 1.27. The van der Waals surface area contributed by atoms with E-state index in [1.165, 1.54) is 12.4 Å². The van der Waals surface area contributed by atoms with Crippen molar-refractivity contribution in [2.24, 2.45) is 0 Å². The first-order valence-corrected chi connectivity index (χ1v) is 4.95. The van der Waals surface area contributed by atoms with Crippen LogP contribution in [-0.4, -0.2) is 9.97 Å². The SMILES string of the molecule is Cc1ccc(N)c(Oc2cnc(C#N)cn2)c1. The number of hydrogen-bond acceptors (Lipinski definition) is 5. The molecule has 0 fully saturated rings. The second-order valence-corrected chi connectivity index (χ2v) is 3.50. The molecule has 0 aliphatic carbocycles. The van der Waals surface area contributed by atoms with Gasteiger partial charge in [0.05, 0.1) is 18.1 Å². The van der Waals surface area contributed by atoms with E-state index < -0.39 is 0 Å². The van der Waals surface area contributed by atoms with E-state index in [0.717, 1.165) is 5.56 Å². The number of nitrogen functional groups attached to an aromatic ring is 1. The number of rotatable bonds is 2. The van der Waals surface area contributed by atoms with Gasteiger partial charge in [-0.15, -0.1) is 0 Å². The van der Waals surface area contributed by atoms with Crippen molar-refractivity contribution in [3.05, 3.63) is 41.9 Å². The Bertz CT molecular complexity index is 572. The summed E-state index contributed by atoms with van der Waals surface area (Å²) in [5, 5.41) is 8.59. The quantitative estimate of drug-likeness (QED) is 0.792. The predicted molar refractivity (Wildman–Crippen MR) is 62.4 cm³/mol. The largest absolute Gasteiger partial charge is 0.435 e. The molecule has 2 aromatic rings. The number of benzene rings is 1. The van der Waals surface area contributed by atoms with Crippen LogP contribution < -0.4 is 10.5 Å². The molecule has 0 spiro atoms. The molecule has 0 amide bonds. The van der Waals surface area contributed by atoms with Gasteiger partial charge >= 0.3 is 0 Å². The Morgan fingerprint density at radius 2 is 2.12 bits per heavy atom. The molecule has 1 heterocycles. The van der Waals surface area contributed by atoms with Gasteiger partial charge in [0.25, 0.3) is 0 Å². The van der Waals surface area contributed by atoms with Crippen molar-refractivity contribution in [1.82, 2.24) is 9.97 Å². The Balaban J connectivity index is 2.25. The Kier molecular flexibility index (Phi) is 2.88. The van der Waals surface area contributed by atoms with E-state index >= 15 is 0 Å². The van der Waals surface area contributed by atoms with E-state index in [2.05, 4.69) is 9.97 Å². The van der Waals surface area contributed by atoms with Crippen LogP contribution in [0.2, 0.25) is 0 Å². The van der Waals surface area contributed by atoms with E-state index in [1.807, 2.05) is 25.1 Å². The van der Waals surface area contributed by atoms with Crippen LogP contribution in [0.4, 0.5) is 5.69 Å². The van der Waals surface area contributed by atoms with Gasteiger partial charge < -0.3 is 10.5 Å². The highest BCUT2D eigenvalue weighted by Crippen LogP contribution is 2.26. The number of nitrogens with zero attached hydrogens (tertiary/aromatic N) is 3. The van der Waals surface area contributed by atoms with Crippen molar-refractivity contribution in [3.63, 3.8) is 0 Å². The zero-order valence-corrected chi connectivity index (χ0v) is 9.21. The number of hydrogen-bond donors (Lipinski definition) is 1. The summed E-state index contributed by atoms with van der Waals surface area (Å²) in [6.45, 7) is 1.94. The molecule has 0 radical (unpaired) electrons. The lowest BCUT2D eigenvalue weighted by molar-refractivity contribution is 0.462. The summed E-state index contributed by atoms with van der Waals surface area (Å²) in [4.78, 5) is 7.81. The summed E-state index contributed by atoms with van der Waals surface area (Å²) in [5.41, 5.74) is 7.58. The van der Waals surface area contributed by atoms with E-state index in [9.17, 15) is 0 Å². The highest BCUT2D eigenvalue weighted by Gasteiger charge is 2.04. The lowest BCUT2D eigenvalue weighted by Crippen LogP contribution is -1.95. The molecular formula is C12H10N4O. The Morgan fingerprint density at radius 3 is 2.76 bits per heavy atom. The minimum atomic E-state index is 0.245. The Labute approximate surface area is 98.5 Å². The van der Waals surface area contributed by atoms with Gasteiger partial charge in [-0.1, -0.05) is 6.07 Å². The summed E-state index contributed by atoms with van der Waals surface area (Å²) in [6, 6.07) is 7.36. The van der Waals surface area contributed by atoms with E-state index in [-0.39, 0.29) is 5.69 Å². The van der Waals surface area contributed by atoms with Gasteiger partial charge in [-0.05, 0) is 24.6 Å². The van der Waals surface area contributed by atoms with Gasteiger partial charge in [0, 0.05) is 0 Å². The molecule has 5 nitrogen and oxygen atoms in total. The number of aryl methyl sites for hydroxylation is 1. The molecule has 1 aromatic heterocycles. The number of aromatic nitrogens is 2. The Morgan fingerprint density at radius 1 is 1.29 bits per heavy atom. The first-order valence-electron chi connectivity index (χ1n) is 4.95. The first kappa shape index (κ1) is 10.9. The maximum Gasteiger partial charge on any atom is 0.238 e. The average molecular weight is 226 g/mol. The molecule has 2 rings (SSSR count). The summed E-state index contributed by atoms with van der Waals surface area (Å²) in [7, 11) is 0. The van der Waals surface area contributed by atoms with Crippen molar-refractivity contribution >= 4 is 5.69 Å². The smallest absolute Gasteiger partial charge is 0.238 e. The normalized spacial score (nSPS) is 9.65. The van der Waals surface area contributed by atoms with Crippen molar-refractivity contribution in [2.75, 3.05) is 5.73 Å². The molecule has 1 aromatic carbocycles. The fraction of sp³-hybridized carbons (Fsp3) is 0.0833. The summed E-state index contributed by atoms with van der Waals surface area (Å²) >= 11 is 0. The van der Waals surface area contributed by atoms with E-state index in [1.54, 1.807) is 6.07 Å². The predicted octanol–water partition coefficient (Wildman–Crippen LogP) is 2.03. The van der Waals surface area contributed by atoms with Gasteiger partial charge in [-0.25, -0.2) is 9.97 Å². The summed E-state index contributed by atoms with van der Waals surface area (Å²) < 4.78 is 5.48. The molecule has 0 unspecified atom stereocenters. The molecule has 0 aliphatic heterocycles. The lowest BCUT2D eigenvalue weighted by Gasteiger charge is -2.07. The van der Waals surface area contributed by atoms with Crippen LogP contribution in [0.15, 0.2) is 30.6 Å². The monoisotopic (exact) mass is 226 g/mol. The highest BCUT2D eigenvalue weighted by molar-refractivity contribution is 5.54. The highest BCUT2D eigenvalue weighted by atomic mass is 16.5. The molecule has 0 aliphatic rings. The van der Waals surface area contributed by atoms with Crippen molar-refractivity contribution in [1.29, 1.82) is 5.26 Å². The van der Waals surface area contributed by atoms with Crippen LogP contribution in [0.25, 0.3) is 0 Å². The molecular weight excluding hydrogens is 216 g/mol. The number of nitriles is 1. The zero-order chi connectivity index (χ0) is 12.3.